The molecule has 29 heavy (non-hydrogen) atoms. The molecule has 9 heteroatoms. The van der Waals surface area contributed by atoms with Gasteiger partial charge in [0.15, 0.2) is 0 Å². The third-order valence-electron chi connectivity index (χ3n) is 5.31. The smallest absolute Gasteiger partial charge is 0.232 e. The third kappa shape index (κ3) is 4.09. The Labute approximate surface area is 169 Å². The van der Waals surface area contributed by atoms with Crippen LogP contribution in [0.4, 0.5) is 11.4 Å². The van der Waals surface area contributed by atoms with Crippen molar-refractivity contribution in [3.63, 3.8) is 0 Å². The highest BCUT2D eigenvalue weighted by atomic mass is 32.2. The maximum absolute atomic E-state index is 12.7. The van der Waals surface area contributed by atoms with Crippen molar-refractivity contribution in [3.8, 4) is 0 Å². The fraction of sp³-hybridized carbons (Fsp3) is 0.350. The molecule has 0 bridgehead atoms. The molecule has 152 valence electrons. The molecule has 8 nitrogen and oxygen atoms in total. The molecule has 0 aliphatic carbocycles. The van der Waals surface area contributed by atoms with Gasteiger partial charge in [-0.15, -0.1) is 0 Å². The first-order chi connectivity index (χ1) is 13.8. The van der Waals surface area contributed by atoms with Crippen molar-refractivity contribution < 1.29 is 18.0 Å². The summed E-state index contributed by atoms with van der Waals surface area (Å²) in [6, 6.07) is 8.93. The van der Waals surface area contributed by atoms with E-state index in [9.17, 15) is 18.0 Å². The zero-order valence-corrected chi connectivity index (χ0v) is 16.9. The van der Waals surface area contributed by atoms with Gasteiger partial charge in [-0.2, -0.15) is 0 Å². The number of likely N-dealkylation sites (tertiary alicyclic amines) is 1. The van der Waals surface area contributed by atoms with E-state index in [1.54, 1.807) is 29.4 Å². The number of sulfonamides is 1. The van der Waals surface area contributed by atoms with Gasteiger partial charge in [0.2, 0.25) is 21.8 Å². The van der Waals surface area contributed by atoms with Crippen molar-refractivity contribution in [2.75, 3.05) is 29.0 Å². The maximum Gasteiger partial charge on any atom is 0.232 e. The molecule has 3 heterocycles. The number of benzene rings is 1. The Morgan fingerprint density at radius 3 is 2.72 bits per heavy atom. The van der Waals surface area contributed by atoms with Crippen molar-refractivity contribution in [2.24, 2.45) is 5.92 Å². The summed E-state index contributed by atoms with van der Waals surface area (Å²) in [5.41, 5.74) is 3.13. The Bertz CT molecular complexity index is 1060. The number of anilines is 2. The number of carbonyl (C=O) groups is 2. The van der Waals surface area contributed by atoms with Gasteiger partial charge in [-0.3, -0.25) is 18.9 Å². The van der Waals surface area contributed by atoms with Crippen LogP contribution in [0.5, 0.6) is 0 Å². The molecule has 1 aromatic heterocycles. The maximum atomic E-state index is 12.7. The predicted octanol–water partition coefficient (Wildman–Crippen LogP) is 1.39. The molecule has 2 aliphatic heterocycles. The highest BCUT2D eigenvalue weighted by Gasteiger charge is 2.34. The Kier molecular flexibility index (Phi) is 4.99. The second kappa shape index (κ2) is 7.47. The topological polar surface area (TPSA) is 99.7 Å². The van der Waals surface area contributed by atoms with Crippen LogP contribution < -0.4 is 9.62 Å². The lowest BCUT2D eigenvalue weighted by molar-refractivity contribution is -0.128. The molecule has 1 atom stereocenters. The van der Waals surface area contributed by atoms with E-state index in [0.717, 1.165) is 11.1 Å². The fourth-order valence-corrected chi connectivity index (χ4v) is 4.81. The van der Waals surface area contributed by atoms with Crippen molar-refractivity contribution in [3.05, 3.63) is 53.9 Å². The number of hydrogen-bond acceptors (Lipinski definition) is 5. The van der Waals surface area contributed by atoms with E-state index in [4.69, 9.17) is 0 Å². The van der Waals surface area contributed by atoms with Crippen molar-refractivity contribution in [2.45, 2.75) is 19.4 Å². The summed E-state index contributed by atoms with van der Waals surface area (Å²) in [7, 11) is -3.30. The quantitative estimate of drug-likeness (QED) is 0.797. The standard InChI is InChI=1S/C20H22N4O4S/c1-29(27,28)24-9-6-15-10-17(2-3-18(15)24)22-20(26)16-11-19(25)23(13-16)12-14-4-7-21-8-5-14/h2-5,7-8,10,16H,6,9,11-13H2,1H3,(H,22,26). The summed E-state index contributed by atoms with van der Waals surface area (Å²) < 4.78 is 25.1. The van der Waals surface area contributed by atoms with Crippen LogP contribution in [-0.4, -0.2) is 49.5 Å². The normalized spacial score (nSPS) is 18.8. The van der Waals surface area contributed by atoms with Crippen molar-refractivity contribution >= 4 is 33.2 Å². The van der Waals surface area contributed by atoms with E-state index in [-0.39, 0.29) is 18.2 Å². The monoisotopic (exact) mass is 414 g/mol. The molecular formula is C20H22N4O4S. The molecule has 1 N–H and O–H groups in total. The van der Waals surface area contributed by atoms with Crippen LogP contribution in [0, 0.1) is 5.92 Å². The minimum Gasteiger partial charge on any atom is -0.338 e. The Morgan fingerprint density at radius 1 is 1.24 bits per heavy atom. The first kappa shape index (κ1) is 19.4. The van der Waals surface area contributed by atoms with Crippen molar-refractivity contribution in [1.29, 1.82) is 0 Å². The van der Waals surface area contributed by atoms with Gasteiger partial charge in [0.1, 0.15) is 0 Å². The summed E-state index contributed by atoms with van der Waals surface area (Å²) >= 11 is 0. The summed E-state index contributed by atoms with van der Waals surface area (Å²) in [5.74, 6) is -0.654. The van der Waals surface area contributed by atoms with Gasteiger partial charge >= 0.3 is 0 Å². The molecule has 1 saturated heterocycles. The molecule has 0 saturated carbocycles. The molecular weight excluding hydrogens is 392 g/mol. The average molecular weight is 414 g/mol. The summed E-state index contributed by atoms with van der Waals surface area (Å²) in [5, 5.41) is 2.88. The van der Waals surface area contributed by atoms with Crippen molar-refractivity contribution in [1.82, 2.24) is 9.88 Å². The van der Waals surface area contributed by atoms with E-state index >= 15 is 0 Å². The molecule has 0 radical (unpaired) electrons. The van der Waals surface area contributed by atoms with Gasteiger partial charge < -0.3 is 10.2 Å². The lowest BCUT2D eigenvalue weighted by Crippen LogP contribution is -2.28. The molecule has 4 rings (SSSR count). The number of nitrogens with one attached hydrogen (secondary N) is 1. The molecule has 1 fully saturated rings. The fourth-order valence-electron chi connectivity index (χ4n) is 3.85. The molecule has 0 spiro atoms. The number of carbonyl (C=O) groups excluding carboxylic acids is 2. The van der Waals surface area contributed by atoms with E-state index in [2.05, 4.69) is 10.3 Å². The SMILES string of the molecule is CS(=O)(=O)N1CCc2cc(NC(=O)C3CC(=O)N(Cc4ccncc4)C3)ccc21. The first-order valence-corrected chi connectivity index (χ1v) is 11.2. The number of hydrogen-bond donors (Lipinski definition) is 1. The summed E-state index contributed by atoms with van der Waals surface area (Å²) in [6.45, 7) is 1.25. The van der Waals surface area contributed by atoms with E-state index in [1.807, 2.05) is 18.2 Å². The summed E-state index contributed by atoms with van der Waals surface area (Å²) in [4.78, 5) is 30.6. The van der Waals surface area contributed by atoms with Gasteiger partial charge in [0.25, 0.3) is 0 Å². The number of amides is 2. The minimum atomic E-state index is -3.30. The number of fused-ring (bicyclic) bond motifs is 1. The van der Waals surface area contributed by atoms with Gasteiger partial charge in [-0.25, -0.2) is 8.42 Å². The van der Waals surface area contributed by atoms with Gasteiger partial charge in [-0.1, -0.05) is 0 Å². The number of rotatable bonds is 5. The highest BCUT2D eigenvalue weighted by Crippen LogP contribution is 2.32. The average Bonchev–Trinajstić information content (AvgIpc) is 3.26. The van der Waals surface area contributed by atoms with Crippen LogP contribution in [0.3, 0.4) is 0 Å². The lowest BCUT2D eigenvalue weighted by Gasteiger charge is -2.17. The molecule has 2 amide bonds. The van der Waals surface area contributed by atoms with Crippen LogP contribution in [0.2, 0.25) is 0 Å². The minimum absolute atomic E-state index is 0.0419. The molecule has 2 aliphatic rings. The second-order valence-corrected chi connectivity index (χ2v) is 9.36. The number of aromatic nitrogens is 1. The van der Waals surface area contributed by atoms with Crippen LogP contribution >= 0.6 is 0 Å². The number of nitrogens with zero attached hydrogens (tertiary/aromatic N) is 3. The lowest BCUT2D eigenvalue weighted by atomic mass is 10.1. The van der Waals surface area contributed by atoms with E-state index < -0.39 is 15.9 Å². The first-order valence-electron chi connectivity index (χ1n) is 9.39. The van der Waals surface area contributed by atoms with E-state index in [1.165, 1.54) is 10.6 Å². The zero-order valence-electron chi connectivity index (χ0n) is 16.0. The van der Waals surface area contributed by atoms with Gasteiger partial charge in [0, 0.05) is 44.1 Å². The zero-order chi connectivity index (χ0) is 20.6. The van der Waals surface area contributed by atoms with Crippen LogP contribution in [-0.2, 0) is 32.6 Å². The van der Waals surface area contributed by atoms with Gasteiger partial charge in [0.05, 0.1) is 17.9 Å². The van der Waals surface area contributed by atoms with Gasteiger partial charge in [-0.05, 0) is 47.9 Å². The largest absolute Gasteiger partial charge is 0.338 e. The Morgan fingerprint density at radius 2 is 2.00 bits per heavy atom. The second-order valence-electron chi connectivity index (χ2n) is 7.45. The molecule has 1 unspecified atom stereocenters. The van der Waals surface area contributed by atoms with Crippen LogP contribution in [0.15, 0.2) is 42.7 Å². The Hall–Kier alpha value is -2.94. The predicted molar refractivity (Wildman–Crippen MR) is 109 cm³/mol. The van der Waals surface area contributed by atoms with Crippen LogP contribution in [0.25, 0.3) is 0 Å². The Balaban J connectivity index is 1.41. The molecule has 2 aromatic rings. The number of pyridine rings is 1. The third-order valence-corrected chi connectivity index (χ3v) is 6.49. The van der Waals surface area contributed by atoms with Crippen LogP contribution in [0.1, 0.15) is 17.5 Å². The summed E-state index contributed by atoms with van der Waals surface area (Å²) in [6.07, 6.45) is 5.34. The van der Waals surface area contributed by atoms with E-state index in [0.29, 0.717) is 37.4 Å². The molecule has 1 aromatic carbocycles. The highest BCUT2D eigenvalue weighted by molar-refractivity contribution is 7.92.